The average Bonchev–Trinajstić information content (AvgIpc) is 2.69. The molecular formula is C11H22ClNO3S. The molecule has 1 saturated heterocycles. The van der Waals surface area contributed by atoms with Crippen LogP contribution in [0.15, 0.2) is 0 Å². The molecule has 0 spiro atoms. The van der Waals surface area contributed by atoms with Gasteiger partial charge in [0.25, 0.3) is 0 Å². The van der Waals surface area contributed by atoms with Crippen molar-refractivity contribution < 1.29 is 13.2 Å². The molecule has 0 saturated carbocycles. The lowest BCUT2D eigenvalue weighted by atomic mass is 10.3. The van der Waals surface area contributed by atoms with Gasteiger partial charge in [-0.3, -0.25) is 0 Å². The van der Waals surface area contributed by atoms with E-state index >= 15 is 0 Å². The first-order chi connectivity index (χ1) is 7.97. The van der Waals surface area contributed by atoms with Crippen molar-refractivity contribution in [3.63, 3.8) is 0 Å². The minimum Gasteiger partial charge on any atom is -0.377 e. The molecule has 1 aliphatic rings. The number of hydrogen-bond donors (Lipinski definition) is 0. The van der Waals surface area contributed by atoms with Crippen LogP contribution in [0.2, 0.25) is 0 Å². The monoisotopic (exact) mass is 283 g/mol. The van der Waals surface area contributed by atoms with E-state index < -0.39 is 10.0 Å². The lowest BCUT2D eigenvalue weighted by Crippen LogP contribution is -2.41. The van der Waals surface area contributed by atoms with Crippen LogP contribution in [0.4, 0.5) is 0 Å². The van der Waals surface area contributed by atoms with Gasteiger partial charge < -0.3 is 4.74 Å². The zero-order valence-electron chi connectivity index (χ0n) is 10.6. The van der Waals surface area contributed by atoms with Gasteiger partial charge >= 0.3 is 0 Å². The Morgan fingerprint density at radius 2 is 2.18 bits per heavy atom. The van der Waals surface area contributed by atoms with Crippen molar-refractivity contribution in [1.29, 1.82) is 0 Å². The predicted octanol–water partition coefficient (Wildman–Crippen LogP) is 1.83. The van der Waals surface area contributed by atoms with E-state index in [-0.39, 0.29) is 17.9 Å². The topological polar surface area (TPSA) is 46.6 Å². The van der Waals surface area contributed by atoms with E-state index in [0.29, 0.717) is 25.5 Å². The first-order valence-electron chi connectivity index (χ1n) is 6.14. The van der Waals surface area contributed by atoms with Crippen molar-refractivity contribution in [2.24, 2.45) is 0 Å². The normalized spacial score (nSPS) is 21.6. The van der Waals surface area contributed by atoms with Gasteiger partial charge in [0.15, 0.2) is 0 Å². The third kappa shape index (κ3) is 4.73. The third-order valence-electron chi connectivity index (χ3n) is 2.87. The quantitative estimate of drug-likeness (QED) is 0.670. The second-order valence-corrected chi connectivity index (χ2v) is 7.00. The number of hydrogen-bond acceptors (Lipinski definition) is 3. The van der Waals surface area contributed by atoms with Crippen molar-refractivity contribution in [2.45, 2.75) is 45.3 Å². The second kappa shape index (κ2) is 6.92. The molecule has 0 N–H and O–H groups in total. The Morgan fingerprint density at radius 1 is 1.47 bits per heavy atom. The summed E-state index contributed by atoms with van der Waals surface area (Å²) < 4.78 is 31.4. The molecule has 1 unspecified atom stereocenters. The highest BCUT2D eigenvalue weighted by molar-refractivity contribution is 7.89. The maximum absolute atomic E-state index is 12.2. The first kappa shape index (κ1) is 15.2. The van der Waals surface area contributed by atoms with Crippen molar-refractivity contribution in [2.75, 3.05) is 24.8 Å². The summed E-state index contributed by atoms with van der Waals surface area (Å²) in [6.07, 6.45) is 2.37. The van der Waals surface area contributed by atoms with Crippen LogP contribution in [0, 0.1) is 0 Å². The van der Waals surface area contributed by atoms with E-state index in [2.05, 4.69) is 0 Å². The molecule has 6 heteroatoms. The van der Waals surface area contributed by atoms with E-state index in [9.17, 15) is 8.42 Å². The van der Waals surface area contributed by atoms with Gasteiger partial charge in [0.05, 0.1) is 11.9 Å². The van der Waals surface area contributed by atoms with Crippen molar-refractivity contribution in [3.8, 4) is 0 Å². The molecule has 0 bridgehead atoms. The molecule has 0 amide bonds. The summed E-state index contributed by atoms with van der Waals surface area (Å²) in [6.45, 7) is 4.96. The van der Waals surface area contributed by atoms with Crippen molar-refractivity contribution in [1.82, 2.24) is 4.31 Å². The van der Waals surface area contributed by atoms with E-state index in [4.69, 9.17) is 16.3 Å². The van der Waals surface area contributed by atoms with Crippen molar-refractivity contribution >= 4 is 21.6 Å². The van der Waals surface area contributed by atoms with Gasteiger partial charge in [-0.15, -0.1) is 11.6 Å². The van der Waals surface area contributed by atoms with Gasteiger partial charge in [-0.1, -0.05) is 0 Å². The van der Waals surface area contributed by atoms with Crippen LogP contribution in [0.1, 0.15) is 33.1 Å². The van der Waals surface area contributed by atoms with E-state index in [1.807, 2.05) is 13.8 Å². The fraction of sp³-hybridized carbons (Fsp3) is 1.00. The van der Waals surface area contributed by atoms with Gasteiger partial charge in [0, 0.05) is 25.1 Å². The van der Waals surface area contributed by atoms with Gasteiger partial charge in [-0.05, 0) is 33.1 Å². The lowest BCUT2D eigenvalue weighted by Gasteiger charge is -2.26. The highest BCUT2D eigenvalue weighted by Gasteiger charge is 2.29. The van der Waals surface area contributed by atoms with Gasteiger partial charge in [0.2, 0.25) is 10.0 Å². The molecule has 1 aliphatic heterocycles. The molecule has 0 aromatic heterocycles. The Kier molecular flexibility index (Phi) is 6.20. The molecule has 17 heavy (non-hydrogen) atoms. The van der Waals surface area contributed by atoms with Crippen LogP contribution in [0.5, 0.6) is 0 Å². The number of rotatable bonds is 7. The summed E-state index contributed by atoms with van der Waals surface area (Å²) in [4.78, 5) is 0. The maximum Gasteiger partial charge on any atom is 0.216 e. The van der Waals surface area contributed by atoms with Gasteiger partial charge in [-0.2, -0.15) is 4.31 Å². The summed E-state index contributed by atoms with van der Waals surface area (Å²) >= 11 is 5.62. The summed E-state index contributed by atoms with van der Waals surface area (Å²) in [7, 11) is -3.23. The lowest BCUT2D eigenvalue weighted by molar-refractivity contribution is 0.126. The van der Waals surface area contributed by atoms with Crippen LogP contribution in [0.25, 0.3) is 0 Å². The summed E-state index contributed by atoms with van der Waals surface area (Å²) in [5.41, 5.74) is 0. The molecule has 4 nitrogen and oxygen atoms in total. The van der Waals surface area contributed by atoms with E-state index in [1.165, 1.54) is 4.31 Å². The van der Waals surface area contributed by atoms with Crippen LogP contribution in [0.3, 0.4) is 0 Å². The Balaban J connectivity index is 2.62. The Labute approximate surface area is 109 Å². The summed E-state index contributed by atoms with van der Waals surface area (Å²) in [5.74, 6) is 0.589. The summed E-state index contributed by atoms with van der Waals surface area (Å²) in [6, 6.07) is -0.0235. The Hall–Kier alpha value is 0.160. The standard InChI is InChI=1S/C11H22ClNO3S/c1-10(2)13(7-4-6-12)17(14,15)9-11-5-3-8-16-11/h10-11H,3-9H2,1-2H3. The Bertz CT molecular complexity index is 313. The minimum atomic E-state index is -3.23. The number of sulfonamides is 1. The molecule has 1 heterocycles. The van der Waals surface area contributed by atoms with Crippen LogP contribution in [-0.2, 0) is 14.8 Å². The summed E-state index contributed by atoms with van der Waals surface area (Å²) in [5, 5.41) is 0. The molecule has 0 aromatic rings. The van der Waals surface area contributed by atoms with Crippen molar-refractivity contribution in [3.05, 3.63) is 0 Å². The number of halogens is 1. The fourth-order valence-electron chi connectivity index (χ4n) is 2.04. The average molecular weight is 284 g/mol. The minimum absolute atomic E-state index is 0.0235. The molecule has 102 valence electrons. The number of alkyl halides is 1. The second-order valence-electron chi connectivity index (χ2n) is 4.66. The van der Waals surface area contributed by atoms with E-state index in [0.717, 1.165) is 12.8 Å². The predicted molar refractivity (Wildman–Crippen MR) is 69.9 cm³/mol. The SMILES string of the molecule is CC(C)N(CCCCl)S(=O)(=O)CC1CCCO1. The first-order valence-corrected chi connectivity index (χ1v) is 8.29. The zero-order chi connectivity index (χ0) is 12.9. The van der Waals surface area contributed by atoms with Gasteiger partial charge in [-0.25, -0.2) is 8.42 Å². The molecular weight excluding hydrogens is 262 g/mol. The molecule has 0 radical (unpaired) electrons. The molecule has 1 fully saturated rings. The molecule has 1 atom stereocenters. The smallest absolute Gasteiger partial charge is 0.216 e. The van der Waals surface area contributed by atoms with E-state index in [1.54, 1.807) is 0 Å². The number of nitrogens with zero attached hydrogens (tertiary/aromatic N) is 1. The van der Waals surface area contributed by atoms with Crippen LogP contribution >= 0.6 is 11.6 Å². The molecule has 0 aliphatic carbocycles. The largest absolute Gasteiger partial charge is 0.377 e. The zero-order valence-corrected chi connectivity index (χ0v) is 12.1. The number of ether oxygens (including phenoxy) is 1. The molecule has 1 rings (SSSR count). The highest BCUT2D eigenvalue weighted by atomic mass is 35.5. The Morgan fingerprint density at radius 3 is 2.65 bits per heavy atom. The third-order valence-corrected chi connectivity index (χ3v) is 5.24. The maximum atomic E-state index is 12.2. The van der Waals surface area contributed by atoms with Crippen LogP contribution in [-0.4, -0.2) is 49.7 Å². The fourth-order valence-corrected chi connectivity index (χ4v) is 4.13. The van der Waals surface area contributed by atoms with Crippen LogP contribution < -0.4 is 0 Å². The molecule has 0 aromatic carbocycles. The van der Waals surface area contributed by atoms with Gasteiger partial charge in [0.1, 0.15) is 0 Å². The highest BCUT2D eigenvalue weighted by Crippen LogP contribution is 2.17.